The lowest BCUT2D eigenvalue weighted by Crippen LogP contribution is -2.24. The zero-order chi connectivity index (χ0) is 14.5. The van der Waals surface area contributed by atoms with E-state index in [-0.39, 0.29) is 12.6 Å². The number of hydrogen-bond acceptors (Lipinski definition) is 3. The van der Waals surface area contributed by atoms with Crippen molar-refractivity contribution < 1.29 is 5.11 Å². The molecule has 2 aromatic rings. The van der Waals surface area contributed by atoms with Crippen LogP contribution in [-0.2, 0) is 6.54 Å². The Morgan fingerprint density at radius 2 is 1.95 bits per heavy atom. The van der Waals surface area contributed by atoms with Gasteiger partial charge in [-0.2, -0.15) is 5.10 Å². The van der Waals surface area contributed by atoms with E-state index in [1.807, 2.05) is 30.3 Å². The van der Waals surface area contributed by atoms with Gasteiger partial charge in [0.25, 0.3) is 0 Å². The minimum Gasteiger partial charge on any atom is -0.394 e. The average Bonchev–Trinajstić information content (AvgIpc) is 3.20. The molecular weight excluding hydrogens is 262 g/mol. The van der Waals surface area contributed by atoms with Crippen molar-refractivity contribution in [3.63, 3.8) is 0 Å². The molecule has 1 atom stereocenters. The van der Waals surface area contributed by atoms with Crippen molar-refractivity contribution in [2.75, 3.05) is 6.61 Å². The van der Waals surface area contributed by atoms with Crippen molar-refractivity contribution in [3.05, 3.63) is 53.9 Å². The molecule has 1 aromatic heterocycles. The number of nitrogens with zero attached hydrogens (tertiary/aromatic N) is 2. The van der Waals surface area contributed by atoms with Crippen molar-refractivity contribution in [1.29, 1.82) is 0 Å². The Hall–Kier alpha value is -1.65. The quantitative estimate of drug-likeness (QED) is 0.858. The van der Waals surface area contributed by atoms with Gasteiger partial charge >= 0.3 is 0 Å². The van der Waals surface area contributed by atoms with E-state index in [1.165, 1.54) is 25.7 Å². The van der Waals surface area contributed by atoms with Crippen LogP contribution in [-0.4, -0.2) is 21.5 Å². The molecule has 0 saturated heterocycles. The van der Waals surface area contributed by atoms with Crippen LogP contribution in [0.2, 0.25) is 0 Å². The highest BCUT2D eigenvalue weighted by molar-refractivity contribution is 5.19. The molecule has 0 bridgehead atoms. The molecular formula is C17H23N3O. The second kappa shape index (κ2) is 6.87. The molecule has 1 unspecified atom stereocenters. The molecule has 4 nitrogen and oxygen atoms in total. The normalized spacial score (nSPS) is 17.2. The third-order valence-corrected chi connectivity index (χ3v) is 4.28. The number of aromatic nitrogens is 2. The Morgan fingerprint density at radius 1 is 1.19 bits per heavy atom. The fraction of sp³-hybridized carbons (Fsp3) is 0.471. The van der Waals surface area contributed by atoms with Gasteiger partial charge in [0.1, 0.15) is 0 Å². The maximum Gasteiger partial charge on any atom is 0.0762 e. The van der Waals surface area contributed by atoms with Crippen molar-refractivity contribution in [2.24, 2.45) is 0 Å². The first-order valence-electron chi connectivity index (χ1n) is 7.80. The van der Waals surface area contributed by atoms with E-state index in [9.17, 15) is 5.11 Å². The monoisotopic (exact) mass is 285 g/mol. The molecule has 3 rings (SSSR count). The van der Waals surface area contributed by atoms with Gasteiger partial charge in [-0.05, 0) is 24.5 Å². The summed E-state index contributed by atoms with van der Waals surface area (Å²) in [7, 11) is 0. The van der Waals surface area contributed by atoms with Gasteiger partial charge in [0.2, 0.25) is 0 Å². The van der Waals surface area contributed by atoms with Crippen LogP contribution in [0.25, 0.3) is 0 Å². The van der Waals surface area contributed by atoms with Gasteiger partial charge in [0.05, 0.1) is 24.4 Å². The zero-order valence-electron chi connectivity index (χ0n) is 12.3. The summed E-state index contributed by atoms with van der Waals surface area (Å²) in [4.78, 5) is 0. The molecule has 0 spiro atoms. The number of rotatable bonds is 6. The molecule has 0 radical (unpaired) electrons. The van der Waals surface area contributed by atoms with Crippen molar-refractivity contribution in [1.82, 2.24) is 15.1 Å². The van der Waals surface area contributed by atoms with E-state index in [1.54, 1.807) is 0 Å². The number of aliphatic hydroxyl groups is 1. The molecule has 1 aromatic carbocycles. The summed E-state index contributed by atoms with van der Waals surface area (Å²) in [5.74, 6) is 0. The Bertz CT molecular complexity index is 546. The lowest BCUT2D eigenvalue weighted by molar-refractivity contribution is 0.243. The van der Waals surface area contributed by atoms with E-state index < -0.39 is 0 Å². The maximum absolute atomic E-state index is 9.55. The highest BCUT2D eigenvalue weighted by Gasteiger charge is 2.17. The summed E-state index contributed by atoms with van der Waals surface area (Å²) in [6.45, 7) is 0.771. The smallest absolute Gasteiger partial charge is 0.0762 e. The number of benzene rings is 1. The van der Waals surface area contributed by atoms with E-state index in [2.05, 4.69) is 27.4 Å². The molecule has 1 heterocycles. The van der Waals surface area contributed by atoms with Crippen molar-refractivity contribution in [3.8, 4) is 0 Å². The average molecular weight is 285 g/mol. The minimum absolute atomic E-state index is 0.0390. The zero-order valence-corrected chi connectivity index (χ0v) is 12.3. The van der Waals surface area contributed by atoms with E-state index in [0.29, 0.717) is 12.6 Å². The molecule has 1 fully saturated rings. The summed E-state index contributed by atoms with van der Waals surface area (Å²) in [5.41, 5.74) is 2.14. The first kappa shape index (κ1) is 14.3. The van der Waals surface area contributed by atoms with Gasteiger partial charge in [-0.1, -0.05) is 43.2 Å². The first-order valence-corrected chi connectivity index (χ1v) is 7.80. The van der Waals surface area contributed by atoms with Gasteiger partial charge in [-0.3, -0.25) is 4.68 Å². The SMILES string of the molecule is OCC(NCc1ccn(C2CCCC2)n1)c1ccccc1. The maximum atomic E-state index is 9.55. The third kappa shape index (κ3) is 3.52. The Labute approximate surface area is 125 Å². The van der Waals surface area contributed by atoms with Gasteiger partial charge in [0, 0.05) is 12.7 Å². The fourth-order valence-electron chi connectivity index (χ4n) is 3.04. The highest BCUT2D eigenvalue weighted by atomic mass is 16.3. The topological polar surface area (TPSA) is 50.1 Å². The van der Waals surface area contributed by atoms with Gasteiger partial charge in [-0.15, -0.1) is 0 Å². The summed E-state index contributed by atoms with van der Waals surface area (Å²) in [6.07, 6.45) is 7.22. The van der Waals surface area contributed by atoms with Crippen LogP contribution >= 0.6 is 0 Å². The van der Waals surface area contributed by atoms with Crippen molar-refractivity contribution in [2.45, 2.75) is 44.3 Å². The van der Waals surface area contributed by atoms with Crippen LogP contribution in [0, 0.1) is 0 Å². The number of aliphatic hydroxyl groups excluding tert-OH is 1. The van der Waals surface area contributed by atoms with Crippen LogP contribution in [0.5, 0.6) is 0 Å². The lowest BCUT2D eigenvalue weighted by atomic mass is 10.1. The molecule has 2 N–H and O–H groups in total. The van der Waals surface area contributed by atoms with E-state index in [0.717, 1.165) is 11.3 Å². The predicted molar refractivity (Wildman–Crippen MR) is 82.8 cm³/mol. The predicted octanol–water partition coefficient (Wildman–Crippen LogP) is 2.82. The Balaban J connectivity index is 1.59. The summed E-state index contributed by atoms with van der Waals surface area (Å²) >= 11 is 0. The van der Waals surface area contributed by atoms with Crippen LogP contribution in [0.4, 0.5) is 0 Å². The van der Waals surface area contributed by atoms with E-state index >= 15 is 0 Å². The van der Waals surface area contributed by atoms with Gasteiger partial charge < -0.3 is 10.4 Å². The Morgan fingerprint density at radius 3 is 2.67 bits per heavy atom. The van der Waals surface area contributed by atoms with Crippen LogP contribution < -0.4 is 5.32 Å². The standard InChI is InChI=1S/C17H23N3O/c21-13-17(14-6-2-1-3-7-14)18-12-15-10-11-20(19-15)16-8-4-5-9-16/h1-3,6-7,10-11,16-18,21H,4-5,8-9,12-13H2. The summed E-state index contributed by atoms with van der Waals surface area (Å²) < 4.78 is 2.11. The second-order valence-electron chi connectivity index (χ2n) is 5.75. The van der Waals surface area contributed by atoms with Crippen LogP contribution in [0.15, 0.2) is 42.6 Å². The molecule has 0 amide bonds. The van der Waals surface area contributed by atoms with Gasteiger partial charge in [0.15, 0.2) is 0 Å². The molecule has 0 aliphatic heterocycles. The highest BCUT2D eigenvalue weighted by Crippen LogP contribution is 2.28. The minimum atomic E-state index is -0.0390. The first-order chi connectivity index (χ1) is 10.4. The Kier molecular flexibility index (Phi) is 4.68. The number of nitrogens with one attached hydrogen (secondary N) is 1. The molecule has 1 aliphatic rings. The second-order valence-corrected chi connectivity index (χ2v) is 5.75. The largest absolute Gasteiger partial charge is 0.394 e. The lowest BCUT2D eigenvalue weighted by Gasteiger charge is -2.16. The third-order valence-electron chi connectivity index (χ3n) is 4.28. The van der Waals surface area contributed by atoms with Gasteiger partial charge in [-0.25, -0.2) is 0 Å². The molecule has 4 heteroatoms. The number of hydrogen-bond donors (Lipinski definition) is 2. The molecule has 21 heavy (non-hydrogen) atoms. The van der Waals surface area contributed by atoms with E-state index in [4.69, 9.17) is 0 Å². The van der Waals surface area contributed by atoms with Crippen molar-refractivity contribution >= 4 is 0 Å². The summed E-state index contributed by atoms with van der Waals surface area (Å²) in [5, 5.41) is 17.6. The van der Waals surface area contributed by atoms with Crippen LogP contribution in [0.1, 0.15) is 49.0 Å². The molecule has 112 valence electrons. The summed E-state index contributed by atoms with van der Waals surface area (Å²) in [6, 6.07) is 12.7. The van der Waals surface area contributed by atoms with Crippen LogP contribution in [0.3, 0.4) is 0 Å². The molecule has 1 aliphatic carbocycles. The molecule has 1 saturated carbocycles. The fourth-order valence-corrected chi connectivity index (χ4v) is 3.04.